The zero-order valence-electron chi connectivity index (χ0n) is 18.1. The van der Waals surface area contributed by atoms with Crippen molar-refractivity contribution in [2.75, 3.05) is 0 Å². The Morgan fingerprint density at radius 1 is 0.939 bits per heavy atom. The van der Waals surface area contributed by atoms with Crippen molar-refractivity contribution in [3.05, 3.63) is 103 Å². The normalized spacial score (nSPS) is 11.2. The molecule has 4 aromatic heterocycles. The standard InChI is InChI=1S/C24H18N6O3/c1-14-9-10-19-26-21-18(23(32)28(19)13-14)11-16(12-25)22(31)29(21)20-15(2)27(3)30(24(20)33)17-7-5-4-6-8-17/h4-11,13H,1-3H3. The molecule has 0 N–H and O–H groups in total. The van der Waals surface area contributed by atoms with Crippen LogP contribution in [0.5, 0.6) is 0 Å². The van der Waals surface area contributed by atoms with Crippen molar-refractivity contribution in [1.82, 2.24) is 23.3 Å². The Bertz CT molecular complexity index is 1810. The summed E-state index contributed by atoms with van der Waals surface area (Å²) in [6, 6.07) is 15.6. The topological polar surface area (TPSA) is 107 Å². The maximum atomic E-state index is 13.6. The number of nitriles is 1. The van der Waals surface area contributed by atoms with Gasteiger partial charge in [-0.2, -0.15) is 5.26 Å². The lowest BCUT2D eigenvalue weighted by Crippen LogP contribution is -2.30. The predicted octanol–water partition coefficient (Wildman–Crippen LogP) is 1.98. The highest BCUT2D eigenvalue weighted by Crippen LogP contribution is 2.18. The molecule has 0 spiro atoms. The second-order valence-corrected chi connectivity index (χ2v) is 7.81. The Hall–Kier alpha value is -4.71. The van der Waals surface area contributed by atoms with Gasteiger partial charge in [-0.05, 0) is 43.7 Å². The molecule has 0 saturated heterocycles. The van der Waals surface area contributed by atoms with E-state index >= 15 is 0 Å². The van der Waals surface area contributed by atoms with Crippen LogP contribution in [0.3, 0.4) is 0 Å². The van der Waals surface area contributed by atoms with Gasteiger partial charge in [0.05, 0.1) is 16.8 Å². The quantitative estimate of drug-likeness (QED) is 0.392. The van der Waals surface area contributed by atoms with Crippen molar-refractivity contribution in [3.63, 3.8) is 0 Å². The Morgan fingerprint density at radius 3 is 2.36 bits per heavy atom. The van der Waals surface area contributed by atoms with Crippen molar-refractivity contribution in [2.24, 2.45) is 7.05 Å². The summed E-state index contributed by atoms with van der Waals surface area (Å²) in [6.45, 7) is 3.54. The number of nitrogens with zero attached hydrogens (tertiary/aromatic N) is 6. The maximum Gasteiger partial charge on any atom is 0.296 e. The molecular weight excluding hydrogens is 420 g/mol. The van der Waals surface area contributed by atoms with Crippen LogP contribution < -0.4 is 16.7 Å². The minimum Gasteiger partial charge on any atom is -0.283 e. The van der Waals surface area contributed by atoms with Gasteiger partial charge in [0, 0.05) is 13.2 Å². The molecular formula is C24H18N6O3. The van der Waals surface area contributed by atoms with E-state index in [1.807, 2.05) is 19.1 Å². The Morgan fingerprint density at radius 2 is 1.67 bits per heavy atom. The zero-order chi connectivity index (χ0) is 23.4. The highest BCUT2D eigenvalue weighted by Gasteiger charge is 2.24. The van der Waals surface area contributed by atoms with Crippen LogP contribution in [0.15, 0.2) is 69.1 Å². The Balaban J connectivity index is 1.99. The second kappa shape index (κ2) is 7.17. The molecule has 0 aliphatic rings. The summed E-state index contributed by atoms with van der Waals surface area (Å²) in [5.41, 5.74) is 0.483. The van der Waals surface area contributed by atoms with Gasteiger partial charge in [-0.3, -0.25) is 28.0 Å². The Kier molecular flexibility index (Phi) is 4.39. The molecule has 0 radical (unpaired) electrons. The summed E-state index contributed by atoms with van der Waals surface area (Å²) in [5, 5.41) is 9.67. The first kappa shape index (κ1) is 20.2. The van der Waals surface area contributed by atoms with Gasteiger partial charge in [-0.25, -0.2) is 9.67 Å². The van der Waals surface area contributed by atoms with Gasteiger partial charge < -0.3 is 0 Å². The van der Waals surface area contributed by atoms with Gasteiger partial charge in [0.15, 0.2) is 5.65 Å². The summed E-state index contributed by atoms with van der Waals surface area (Å²) < 4.78 is 5.51. The third kappa shape index (κ3) is 2.85. The minimum atomic E-state index is -0.709. The molecule has 0 atom stereocenters. The third-order valence-corrected chi connectivity index (χ3v) is 5.79. The Labute approximate surface area is 186 Å². The van der Waals surface area contributed by atoms with E-state index in [4.69, 9.17) is 0 Å². The lowest BCUT2D eigenvalue weighted by Gasteiger charge is -2.11. The first-order valence-electron chi connectivity index (χ1n) is 10.2. The minimum absolute atomic E-state index is 0.0267. The summed E-state index contributed by atoms with van der Waals surface area (Å²) >= 11 is 0. The van der Waals surface area contributed by atoms with Crippen LogP contribution in [-0.4, -0.2) is 23.3 Å². The van der Waals surface area contributed by atoms with E-state index in [-0.39, 0.29) is 22.3 Å². The van der Waals surface area contributed by atoms with Crippen LogP contribution in [0.4, 0.5) is 0 Å². The van der Waals surface area contributed by atoms with Gasteiger partial charge >= 0.3 is 0 Å². The second-order valence-electron chi connectivity index (χ2n) is 7.81. The first-order valence-corrected chi connectivity index (χ1v) is 10.2. The third-order valence-electron chi connectivity index (χ3n) is 5.79. The van der Waals surface area contributed by atoms with E-state index in [9.17, 15) is 19.6 Å². The predicted molar refractivity (Wildman–Crippen MR) is 123 cm³/mol. The first-order chi connectivity index (χ1) is 15.8. The van der Waals surface area contributed by atoms with Gasteiger partial charge in [0.25, 0.3) is 16.7 Å². The monoisotopic (exact) mass is 438 g/mol. The van der Waals surface area contributed by atoms with E-state index in [0.29, 0.717) is 17.0 Å². The SMILES string of the molecule is Cc1ccc2nc3c(cc(C#N)c(=O)n3-c3c(C)n(C)n(-c4ccccc4)c3=O)c(=O)n2c1. The summed E-state index contributed by atoms with van der Waals surface area (Å²) in [6.07, 6.45) is 1.64. The van der Waals surface area contributed by atoms with Crippen molar-refractivity contribution in [1.29, 1.82) is 5.26 Å². The average molecular weight is 438 g/mol. The molecule has 5 aromatic rings. The zero-order valence-corrected chi connectivity index (χ0v) is 18.1. The fourth-order valence-corrected chi connectivity index (χ4v) is 4.07. The van der Waals surface area contributed by atoms with Gasteiger partial charge in [-0.1, -0.05) is 24.3 Å². The number of rotatable bonds is 2. The van der Waals surface area contributed by atoms with Crippen molar-refractivity contribution < 1.29 is 0 Å². The number of benzene rings is 1. The number of fused-ring (bicyclic) bond motifs is 2. The van der Waals surface area contributed by atoms with Crippen molar-refractivity contribution >= 4 is 16.7 Å². The smallest absolute Gasteiger partial charge is 0.283 e. The van der Waals surface area contributed by atoms with Gasteiger partial charge in [0.2, 0.25) is 0 Å². The molecule has 0 saturated carbocycles. The fourth-order valence-electron chi connectivity index (χ4n) is 4.07. The summed E-state index contributed by atoms with van der Waals surface area (Å²) in [5.74, 6) is 0. The summed E-state index contributed by atoms with van der Waals surface area (Å²) in [7, 11) is 1.70. The number of hydrogen-bond acceptors (Lipinski definition) is 5. The molecule has 5 rings (SSSR count). The van der Waals surface area contributed by atoms with Crippen LogP contribution in [0.2, 0.25) is 0 Å². The number of aryl methyl sites for hydroxylation is 1. The van der Waals surface area contributed by atoms with Crippen LogP contribution in [0.1, 0.15) is 16.8 Å². The number of pyridine rings is 2. The molecule has 162 valence electrons. The van der Waals surface area contributed by atoms with E-state index in [2.05, 4.69) is 4.98 Å². The van der Waals surface area contributed by atoms with E-state index < -0.39 is 16.7 Å². The van der Waals surface area contributed by atoms with Crippen LogP contribution in [0.25, 0.3) is 28.1 Å². The molecule has 0 aliphatic heterocycles. The van der Waals surface area contributed by atoms with E-state index in [0.717, 1.165) is 10.1 Å². The molecule has 0 aliphatic carbocycles. The molecule has 9 heteroatoms. The maximum absolute atomic E-state index is 13.6. The van der Waals surface area contributed by atoms with Gasteiger partial charge in [0.1, 0.15) is 23.0 Å². The summed E-state index contributed by atoms with van der Waals surface area (Å²) in [4.78, 5) is 44.7. The number of hydrogen-bond donors (Lipinski definition) is 0. The molecule has 9 nitrogen and oxygen atoms in total. The fraction of sp³-hybridized carbons (Fsp3) is 0.125. The molecule has 4 heterocycles. The largest absolute Gasteiger partial charge is 0.296 e. The lowest BCUT2D eigenvalue weighted by atomic mass is 10.2. The highest BCUT2D eigenvalue weighted by atomic mass is 16.2. The van der Waals surface area contributed by atoms with E-state index in [1.165, 1.54) is 15.1 Å². The van der Waals surface area contributed by atoms with Gasteiger partial charge in [-0.15, -0.1) is 0 Å². The van der Waals surface area contributed by atoms with Crippen LogP contribution in [0, 0.1) is 25.2 Å². The van der Waals surface area contributed by atoms with E-state index in [1.54, 1.807) is 61.2 Å². The highest BCUT2D eigenvalue weighted by molar-refractivity contribution is 5.79. The van der Waals surface area contributed by atoms with Crippen molar-refractivity contribution in [2.45, 2.75) is 13.8 Å². The van der Waals surface area contributed by atoms with Crippen molar-refractivity contribution in [3.8, 4) is 17.4 Å². The average Bonchev–Trinajstić information content (AvgIpc) is 3.03. The molecule has 0 fully saturated rings. The number of aromatic nitrogens is 5. The molecule has 0 unspecified atom stereocenters. The molecule has 33 heavy (non-hydrogen) atoms. The molecule has 0 amide bonds. The number of para-hydroxylation sites is 1. The lowest BCUT2D eigenvalue weighted by molar-refractivity contribution is 0.630. The van der Waals surface area contributed by atoms with Crippen LogP contribution >= 0.6 is 0 Å². The van der Waals surface area contributed by atoms with Crippen LogP contribution in [-0.2, 0) is 7.05 Å². The molecule has 0 bridgehead atoms. The molecule has 1 aromatic carbocycles.